The zero-order chi connectivity index (χ0) is 21.8. The number of amides is 3. The average molecular weight is 423 g/mol. The Morgan fingerprint density at radius 1 is 1.10 bits per heavy atom. The molecule has 0 saturated carbocycles. The van der Waals surface area contributed by atoms with Crippen LogP contribution in [0.5, 0.6) is 5.75 Å². The lowest BCUT2D eigenvalue weighted by Gasteiger charge is -2.39. The highest BCUT2D eigenvalue weighted by Gasteiger charge is 2.33. The monoisotopic (exact) mass is 422 g/mol. The molecular weight excluding hydrogens is 392 g/mol. The molecule has 2 fully saturated rings. The van der Waals surface area contributed by atoms with Crippen molar-refractivity contribution in [1.82, 2.24) is 14.8 Å². The van der Waals surface area contributed by atoms with Gasteiger partial charge in [0, 0.05) is 43.5 Å². The summed E-state index contributed by atoms with van der Waals surface area (Å²) < 4.78 is 5.94. The van der Waals surface area contributed by atoms with Gasteiger partial charge in [-0.1, -0.05) is 19.9 Å². The number of nitrogens with one attached hydrogen (secondary N) is 1. The Morgan fingerprint density at radius 3 is 2.48 bits per heavy atom. The summed E-state index contributed by atoms with van der Waals surface area (Å²) in [6, 6.07) is 11.3. The first-order valence-electron chi connectivity index (χ1n) is 11.0. The molecule has 2 aliphatic heterocycles. The number of benzene rings is 1. The van der Waals surface area contributed by atoms with E-state index >= 15 is 0 Å². The predicted molar refractivity (Wildman–Crippen MR) is 119 cm³/mol. The molecular formula is C24H30N4O3. The summed E-state index contributed by atoms with van der Waals surface area (Å²) in [5.41, 5.74) is 1.91. The molecule has 0 atom stereocenters. The van der Waals surface area contributed by atoms with E-state index in [1.807, 2.05) is 41.4 Å². The van der Waals surface area contributed by atoms with E-state index in [0.29, 0.717) is 44.4 Å². The van der Waals surface area contributed by atoms with Crippen LogP contribution in [-0.2, 0) is 4.79 Å². The van der Waals surface area contributed by atoms with Gasteiger partial charge in [0.1, 0.15) is 11.9 Å². The smallest absolute Gasteiger partial charge is 0.321 e. The fourth-order valence-corrected chi connectivity index (χ4v) is 3.77. The fraction of sp³-hybridized carbons (Fsp3) is 0.458. The van der Waals surface area contributed by atoms with E-state index in [1.54, 1.807) is 11.1 Å². The standard InChI is InChI=1S/C24H30N4O3/c1-17(2)5-10-23(29)27-15-22(16-27)31-21-8-6-20(7-9-21)26-24(30)28-13-19(14-28)18-4-3-11-25-12-18/h3-4,6-9,11-12,17,19,22H,5,10,13-16H2,1-2H3,(H,26,30). The third-order valence-electron chi connectivity index (χ3n) is 5.87. The number of carbonyl (C=O) groups is 2. The van der Waals surface area contributed by atoms with Gasteiger partial charge in [-0.25, -0.2) is 4.79 Å². The number of pyridine rings is 1. The number of likely N-dealkylation sites (tertiary alicyclic amines) is 2. The molecule has 1 N–H and O–H groups in total. The normalized spacial score (nSPS) is 16.6. The van der Waals surface area contributed by atoms with E-state index in [-0.39, 0.29) is 18.0 Å². The van der Waals surface area contributed by atoms with Gasteiger partial charge < -0.3 is 19.9 Å². The van der Waals surface area contributed by atoms with E-state index < -0.39 is 0 Å². The molecule has 3 heterocycles. The van der Waals surface area contributed by atoms with Gasteiger partial charge >= 0.3 is 6.03 Å². The molecule has 2 aromatic rings. The maximum atomic E-state index is 12.4. The molecule has 7 heteroatoms. The van der Waals surface area contributed by atoms with E-state index in [1.165, 1.54) is 5.56 Å². The largest absolute Gasteiger partial charge is 0.487 e. The van der Waals surface area contributed by atoms with E-state index in [2.05, 4.69) is 30.2 Å². The average Bonchev–Trinajstić information content (AvgIpc) is 2.69. The second-order valence-corrected chi connectivity index (χ2v) is 8.81. The number of aromatic nitrogens is 1. The molecule has 0 aliphatic carbocycles. The van der Waals surface area contributed by atoms with Gasteiger partial charge in [-0.05, 0) is 48.2 Å². The van der Waals surface area contributed by atoms with Gasteiger partial charge in [0.25, 0.3) is 0 Å². The van der Waals surface area contributed by atoms with Crippen LogP contribution >= 0.6 is 0 Å². The third-order valence-corrected chi connectivity index (χ3v) is 5.87. The fourth-order valence-electron chi connectivity index (χ4n) is 3.77. The summed E-state index contributed by atoms with van der Waals surface area (Å²) in [5, 5.41) is 2.93. The summed E-state index contributed by atoms with van der Waals surface area (Å²) in [5.74, 6) is 1.86. The number of ether oxygens (including phenoxy) is 1. The van der Waals surface area contributed by atoms with Crippen molar-refractivity contribution in [3.05, 3.63) is 54.4 Å². The lowest BCUT2D eigenvalue weighted by atomic mass is 9.93. The molecule has 31 heavy (non-hydrogen) atoms. The van der Waals surface area contributed by atoms with Crippen molar-refractivity contribution in [2.75, 3.05) is 31.5 Å². The van der Waals surface area contributed by atoms with Gasteiger partial charge in [0.05, 0.1) is 13.1 Å². The van der Waals surface area contributed by atoms with Crippen LogP contribution in [0.1, 0.15) is 38.2 Å². The topological polar surface area (TPSA) is 74.8 Å². The number of urea groups is 1. The molecule has 2 saturated heterocycles. The highest BCUT2D eigenvalue weighted by Crippen LogP contribution is 2.27. The minimum absolute atomic E-state index is 0.0361. The lowest BCUT2D eigenvalue weighted by Crippen LogP contribution is -2.56. The lowest BCUT2D eigenvalue weighted by molar-refractivity contribution is -0.140. The van der Waals surface area contributed by atoms with Crippen LogP contribution in [0.4, 0.5) is 10.5 Å². The Morgan fingerprint density at radius 2 is 1.84 bits per heavy atom. The molecule has 0 bridgehead atoms. The predicted octanol–water partition coefficient (Wildman–Crippen LogP) is 3.74. The van der Waals surface area contributed by atoms with Crippen LogP contribution in [0.2, 0.25) is 0 Å². The van der Waals surface area contributed by atoms with Crippen LogP contribution in [0.25, 0.3) is 0 Å². The van der Waals surface area contributed by atoms with Crippen molar-refractivity contribution >= 4 is 17.6 Å². The second kappa shape index (κ2) is 9.37. The zero-order valence-electron chi connectivity index (χ0n) is 18.2. The SMILES string of the molecule is CC(C)CCC(=O)N1CC(Oc2ccc(NC(=O)N3CC(c4cccnc4)C3)cc2)C1. The van der Waals surface area contributed by atoms with Crippen molar-refractivity contribution in [1.29, 1.82) is 0 Å². The number of carbonyl (C=O) groups excluding carboxylic acids is 2. The van der Waals surface area contributed by atoms with Gasteiger partial charge in [-0.15, -0.1) is 0 Å². The maximum absolute atomic E-state index is 12.4. The third kappa shape index (κ3) is 5.34. The van der Waals surface area contributed by atoms with E-state index in [9.17, 15) is 9.59 Å². The first-order chi connectivity index (χ1) is 15.0. The summed E-state index contributed by atoms with van der Waals surface area (Å²) in [4.78, 5) is 32.3. The molecule has 0 spiro atoms. The number of rotatable bonds is 7. The van der Waals surface area contributed by atoms with Crippen LogP contribution in [-0.4, -0.2) is 59.0 Å². The molecule has 3 amide bonds. The van der Waals surface area contributed by atoms with Crippen molar-refractivity contribution in [2.24, 2.45) is 5.92 Å². The second-order valence-electron chi connectivity index (χ2n) is 8.81. The van der Waals surface area contributed by atoms with Gasteiger partial charge in [-0.2, -0.15) is 0 Å². The molecule has 4 rings (SSSR count). The van der Waals surface area contributed by atoms with E-state index in [4.69, 9.17) is 4.74 Å². The summed E-state index contributed by atoms with van der Waals surface area (Å²) in [6.45, 7) is 6.94. The Hall–Kier alpha value is -3.09. The molecule has 0 radical (unpaired) electrons. The van der Waals surface area contributed by atoms with Crippen molar-refractivity contribution in [3.8, 4) is 5.75 Å². The summed E-state index contributed by atoms with van der Waals surface area (Å²) >= 11 is 0. The van der Waals surface area contributed by atoms with Crippen LogP contribution in [0.15, 0.2) is 48.8 Å². The minimum Gasteiger partial charge on any atom is -0.487 e. The van der Waals surface area contributed by atoms with Crippen molar-refractivity contribution in [3.63, 3.8) is 0 Å². The van der Waals surface area contributed by atoms with Crippen LogP contribution in [0.3, 0.4) is 0 Å². The molecule has 1 aromatic heterocycles. The molecule has 1 aromatic carbocycles. The Balaban J connectivity index is 1.17. The molecule has 2 aliphatic rings. The Kier molecular flexibility index (Phi) is 6.39. The highest BCUT2D eigenvalue weighted by molar-refractivity contribution is 5.90. The van der Waals surface area contributed by atoms with Crippen molar-refractivity contribution in [2.45, 2.75) is 38.7 Å². The molecule has 164 valence electrons. The van der Waals surface area contributed by atoms with Crippen molar-refractivity contribution < 1.29 is 14.3 Å². The maximum Gasteiger partial charge on any atom is 0.321 e. The Bertz CT molecular complexity index is 889. The number of hydrogen-bond acceptors (Lipinski definition) is 4. The van der Waals surface area contributed by atoms with Crippen LogP contribution in [0, 0.1) is 5.92 Å². The van der Waals surface area contributed by atoms with Gasteiger partial charge in [-0.3, -0.25) is 9.78 Å². The highest BCUT2D eigenvalue weighted by atomic mass is 16.5. The first kappa shape index (κ1) is 21.2. The number of anilines is 1. The number of hydrogen-bond donors (Lipinski definition) is 1. The molecule has 7 nitrogen and oxygen atoms in total. The van der Waals surface area contributed by atoms with Gasteiger partial charge in [0.2, 0.25) is 5.91 Å². The minimum atomic E-state index is -0.0941. The molecule has 0 unspecified atom stereocenters. The van der Waals surface area contributed by atoms with Gasteiger partial charge in [0.15, 0.2) is 0 Å². The summed E-state index contributed by atoms with van der Waals surface area (Å²) in [7, 11) is 0. The van der Waals surface area contributed by atoms with E-state index in [0.717, 1.165) is 17.9 Å². The quantitative estimate of drug-likeness (QED) is 0.738. The first-order valence-corrected chi connectivity index (χ1v) is 11.0. The summed E-state index contributed by atoms with van der Waals surface area (Å²) in [6.07, 6.45) is 5.19. The zero-order valence-corrected chi connectivity index (χ0v) is 18.2. The number of nitrogens with zero attached hydrogens (tertiary/aromatic N) is 3. The van der Waals surface area contributed by atoms with Crippen LogP contribution < -0.4 is 10.1 Å². The Labute approximate surface area is 183 Å².